The Balaban J connectivity index is 0.000000341. The normalized spacial score (nSPS) is 8.83. The molecule has 0 nitrogen and oxygen atoms in total. The molecule has 0 aliphatic heterocycles. The molecule has 24 heavy (non-hydrogen) atoms. The smallest absolute Gasteiger partial charge is 0.0809 e. The molecule has 0 aromatic heterocycles. The minimum Gasteiger partial charge on any atom is -1.00 e. The van der Waals surface area contributed by atoms with Crippen molar-refractivity contribution < 1.29 is 48.1 Å². The van der Waals surface area contributed by atoms with Crippen LogP contribution in [0.3, 0.4) is 0 Å². The van der Waals surface area contributed by atoms with E-state index in [1.54, 1.807) is 23.3 Å². The molecule has 124 valence electrons. The van der Waals surface area contributed by atoms with E-state index in [0.29, 0.717) is 0 Å². The molecule has 0 atom stereocenters. The van der Waals surface area contributed by atoms with Crippen molar-refractivity contribution in [2.75, 3.05) is 0 Å². The molecule has 4 heteroatoms. The van der Waals surface area contributed by atoms with Crippen LogP contribution in [0.2, 0.25) is 13.1 Å². The van der Waals surface area contributed by atoms with Crippen LogP contribution in [0, 0.1) is 0 Å². The SMILES string of the molecule is C[Si](C)=[Zr+2].[Cl-].[Cl-].c1ccc2[cH-]ccc2c1.c1ccc2[cH-]ccc2c1. The minimum absolute atomic E-state index is 0. The average Bonchev–Trinajstić information content (AvgIpc) is 3.16. The average molecular weight is 451 g/mol. The summed E-state index contributed by atoms with van der Waals surface area (Å²) >= 11 is 1.74. The maximum Gasteiger partial charge on any atom is -0.0809 e. The summed E-state index contributed by atoms with van der Waals surface area (Å²) in [5.41, 5.74) is 0.210. The van der Waals surface area contributed by atoms with Gasteiger partial charge in [0.2, 0.25) is 0 Å². The first-order chi connectivity index (χ1) is 10.7. The second-order valence-electron chi connectivity index (χ2n) is 5.31. The maximum atomic E-state index is 2.31. The summed E-state index contributed by atoms with van der Waals surface area (Å²) in [7, 11) is 0. The predicted molar refractivity (Wildman–Crippen MR) is 96.6 cm³/mol. The molecular weight excluding hydrogens is 430 g/mol. The number of fused-ring (bicyclic) bond motifs is 2. The fourth-order valence-corrected chi connectivity index (χ4v) is 2.14. The zero-order chi connectivity index (χ0) is 15.8. The second kappa shape index (κ2) is 12.7. The predicted octanol–water partition coefficient (Wildman–Crippen LogP) is -0.0903. The molecule has 0 spiro atoms. The molecule has 0 aliphatic rings. The van der Waals surface area contributed by atoms with E-state index in [1.807, 2.05) is 0 Å². The van der Waals surface area contributed by atoms with Crippen LogP contribution in [0.15, 0.2) is 84.9 Å². The Morgan fingerprint density at radius 1 is 0.667 bits per heavy atom. The van der Waals surface area contributed by atoms with Crippen molar-refractivity contribution in [3.8, 4) is 0 Å². The van der Waals surface area contributed by atoms with Crippen molar-refractivity contribution in [3.05, 3.63) is 84.9 Å². The minimum atomic E-state index is 0. The van der Waals surface area contributed by atoms with E-state index in [1.165, 1.54) is 21.5 Å². The standard InChI is InChI=1S/2C9H7.C2H6Si.2ClH.Zr/c2*1-2-5-9-7-3-6-8(9)4-1;1-3-2;;;/h2*1-7H;1-2H3;2*1H;/q2*-1;;;;+2/p-2. The summed E-state index contributed by atoms with van der Waals surface area (Å²) in [6, 6.07) is 29.3. The van der Waals surface area contributed by atoms with E-state index >= 15 is 0 Å². The van der Waals surface area contributed by atoms with Gasteiger partial charge < -0.3 is 24.8 Å². The topological polar surface area (TPSA) is 0 Å². The van der Waals surface area contributed by atoms with Gasteiger partial charge in [-0.05, 0) is 0 Å². The van der Waals surface area contributed by atoms with E-state index in [-0.39, 0.29) is 30.2 Å². The monoisotopic (exact) mass is 448 g/mol. The van der Waals surface area contributed by atoms with E-state index in [0.717, 1.165) is 0 Å². The third-order valence-corrected chi connectivity index (χ3v) is 3.10. The molecule has 4 rings (SSSR count). The van der Waals surface area contributed by atoms with Gasteiger partial charge in [-0.3, -0.25) is 0 Å². The molecule has 0 N–H and O–H groups in total. The van der Waals surface area contributed by atoms with Gasteiger partial charge in [0.15, 0.2) is 0 Å². The zero-order valence-corrected chi connectivity index (χ0v) is 18.8. The summed E-state index contributed by atoms with van der Waals surface area (Å²) in [5.74, 6) is 0. The van der Waals surface area contributed by atoms with E-state index in [9.17, 15) is 0 Å². The summed E-state index contributed by atoms with van der Waals surface area (Å²) in [6.45, 7) is 4.62. The molecule has 0 bridgehead atoms. The fraction of sp³-hybridized carbons (Fsp3) is 0.100. The van der Waals surface area contributed by atoms with Crippen LogP contribution in [-0.2, 0) is 23.3 Å². The molecule has 0 fully saturated rings. The Labute approximate surface area is 172 Å². The van der Waals surface area contributed by atoms with Crippen molar-refractivity contribution >= 4 is 27.0 Å². The molecule has 0 saturated carbocycles. The Hall–Kier alpha value is -0.660. The third-order valence-electron chi connectivity index (χ3n) is 3.10. The first kappa shape index (κ1) is 23.3. The van der Waals surface area contributed by atoms with Crippen molar-refractivity contribution in [1.29, 1.82) is 0 Å². The molecule has 0 heterocycles. The number of halogens is 2. The van der Waals surface area contributed by atoms with Crippen LogP contribution < -0.4 is 24.8 Å². The molecule has 0 saturated heterocycles. The number of benzene rings is 2. The Morgan fingerprint density at radius 2 is 1.00 bits per heavy atom. The van der Waals surface area contributed by atoms with Gasteiger partial charge in [-0.25, -0.2) is 0 Å². The number of hydrogen-bond donors (Lipinski definition) is 0. The molecule has 4 aromatic rings. The van der Waals surface area contributed by atoms with Gasteiger partial charge in [-0.2, -0.15) is 35.0 Å². The van der Waals surface area contributed by atoms with Gasteiger partial charge in [0.1, 0.15) is 0 Å². The fourth-order valence-electron chi connectivity index (χ4n) is 2.14. The van der Waals surface area contributed by atoms with Crippen molar-refractivity contribution in [3.63, 3.8) is 0 Å². The first-order valence-corrected chi connectivity index (χ1v) is 13.6. The van der Waals surface area contributed by atoms with Gasteiger partial charge in [0.25, 0.3) is 0 Å². The van der Waals surface area contributed by atoms with E-state index < -0.39 is 0 Å². The maximum absolute atomic E-state index is 2.31. The summed E-state index contributed by atoms with van der Waals surface area (Å²) in [4.78, 5) is 0. The molecule has 4 aromatic carbocycles. The van der Waals surface area contributed by atoms with Crippen LogP contribution in [0.5, 0.6) is 0 Å². The van der Waals surface area contributed by atoms with Crippen LogP contribution in [0.25, 0.3) is 21.5 Å². The Bertz CT molecular complexity index is 718. The summed E-state index contributed by atoms with van der Waals surface area (Å²) in [6.07, 6.45) is 0. The van der Waals surface area contributed by atoms with Crippen molar-refractivity contribution in [2.45, 2.75) is 13.1 Å². The Morgan fingerprint density at radius 3 is 1.33 bits per heavy atom. The van der Waals surface area contributed by atoms with Crippen LogP contribution in [0.4, 0.5) is 0 Å². The summed E-state index contributed by atoms with van der Waals surface area (Å²) < 4.78 is 0. The van der Waals surface area contributed by atoms with Crippen molar-refractivity contribution in [1.82, 2.24) is 0 Å². The van der Waals surface area contributed by atoms with Gasteiger partial charge in [0.05, 0.1) is 0 Å². The van der Waals surface area contributed by atoms with Crippen molar-refractivity contribution in [2.24, 2.45) is 0 Å². The van der Waals surface area contributed by atoms with Crippen LogP contribution >= 0.6 is 0 Å². The van der Waals surface area contributed by atoms with Gasteiger partial charge >= 0.3 is 41.9 Å². The second-order valence-corrected chi connectivity index (χ2v) is 14.7. The number of hydrogen-bond acceptors (Lipinski definition) is 0. The molecular formula is C20H20Cl2SiZr-2. The van der Waals surface area contributed by atoms with E-state index in [4.69, 9.17) is 0 Å². The molecule has 0 unspecified atom stereocenters. The van der Waals surface area contributed by atoms with Crippen LogP contribution in [0.1, 0.15) is 0 Å². The van der Waals surface area contributed by atoms with Gasteiger partial charge in [-0.15, -0.1) is 59.3 Å². The third kappa shape index (κ3) is 7.94. The number of rotatable bonds is 0. The first-order valence-electron chi connectivity index (χ1n) is 7.39. The molecule has 0 amide bonds. The largest absolute Gasteiger partial charge is 1.00 e. The van der Waals surface area contributed by atoms with Gasteiger partial charge in [0, 0.05) is 0 Å². The molecule has 0 aliphatic carbocycles. The van der Waals surface area contributed by atoms with Crippen LogP contribution in [-0.4, -0.2) is 5.43 Å². The summed E-state index contributed by atoms with van der Waals surface area (Å²) in [5, 5.41) is 5.32. The Kier molecular flexibility index (Phi) is 12.3. The zero-order valence-electron chi connectivity index (χ0n) is 13.8. The molecule has 0 radical (unpaired) electrons. The van der Waals surface area contributed by atoms with Gasteiger partial charge in [-0.1, -0.05) is 12.1 Å². The van der Waals surface area contributed by atoms with E-state index in [2.05, 4.69) is 98.0 Å². The quantitative estimate of drug-likeness (QED) is 0.260.